The van der Waals surface area contributed by atoms with E-state index < -0.39 is 27.2 Å². The molecule has 5 N–H and O–H groups in total. The third kappa shape index (κ3) is 5.74. The lowest BCUT2D eigenvalue weighted by Crippen LogP contribution is -2.34. The summed E-state index contributed by atoms with van der Waals surface area (Å²) in [6, 6.07) is 7.66. The molecule has 0 aliphatic heterocycles. The molecule has 10 heteroatoms. The fourth-order valence-corrected chi connectivity index (χ4v) is 3.66. The van der Waals surface area contributed by atoms with Crippen LogP contribution in [0.15, 0.2) is 45.9 Å². The summed E-state index contributed by atoms with van der Waals surface area (Å²) in [6.45, 7) is 5.94. The Morgan fingerprint density at radius 3 is 2.46 bits per heavy atom. The van der Waals surface area contributed by atoms with Crippen LogP contribution in [0.25, 0.3) is 0 Å². The van der Waals surface area contributed by atoms with Crippen molar-refractivity contribution >= 4 is 22.3 Å². The maximum absolute atomic E-state index is 12.6. The number of carbonyl (C=O) groups is 2. The number of nitrogens with two attached hydrogens (primary N) is 2. The van der Waals surface area contributed by atoms with Gasteiger partial charge < -0.3 is 25.9 Å². The van der Waals surface area contributed by atoms with E-state index in [1.54, 1.807) is 37.5 Å². The topological polar surface area (TPSA) is 155 Å². The number of hydrogen-bond acceptors (Lipinski definition) is 6. The van der Waals surface area contributed by atoms with Crippen molar-refractivity contribution in [3.63, 3.8) is 0 Å². The van der Waals surface area contributed by atoms with Crippen molar-refractivity contribution in [1.82, 2.24) is 5.32 Å². The second kappa shape index (κ2) is 9.79. The zero-order chi connectivity index (χ0) is 21.4. The van der Waals surface area contributed by atoms with Crippen molar-refractivity contribution in [2.75, 3.05) is 12.5 Å². The van der Waals surface area contributed by atoms with Gasteiger partial charge in [-0.15, -0.1) is 0 Å². The Morgan fingerprint density at radius 1 is 1.32 bits per heavy atom. The van der Waals surface area contributed by atoms with Crippen molar-refractivity contribution in [3.8, 4) is 5.75 Å². The van der Waals surface area contributed by atoms with E-state index in [9.17, 15) is 13.2 Å². The second-order valence-corrected chi connectivity index (χ2v) is 8.09. The minimum atomic E-state index is -3.83. The van der Waals surface area contributed by atoms with Gasteiger partial charge in [0.2, 0.25) is 6.41 Å². The Hall–Kier alpha value is -3.01. The zero-order valence-electron chi connectivity index (χ0n) is 16.0. The number of furan rings is 1. The fraction of sp³-hybridized carbons (Fsp3) is 0.333. The first-order valence-corrected chi connectivity index (χ1v) is 9.98. The van der Waals surface area contributed by atoms with Gasteiger partial charge in [-0.05, 0) is 50.6 Å². The average molecular weight is 411 g/mol. The number of carbonyl (C=O) groups excluding carboxylic acids is 2. The average Bonchev–Trinajstić information content (AvgIpc) is 3.17. The molecule has 0 radical (unpaired) electrons. The van der Waals surface area contributed by atoms with E-state index in [-0.39, 0.29) is 17.1 Å². The molecule has 9 nitrogen and oxygen atoms in total. The normalized spacial score (nSPS) is 11.1. The highest BCUT2D eigenvalue weighted by molar-refractivity contribution is 7.91. The Kier molecular flexibility index (Phi) is 8.05. The Bertz CT molecular complexity index is 892. The standard InChI is InChI=1S/C17H22N2O5S.CH3NO/c1-4-23-13-8-7-12(17(2,3)15-6-5-9-24-15)10-14(13)25(21,22)11-19-16(18)20;2-1-3/h5-10H,4,11H2,1-3H3,(H3,18,19,20);1H,(H2,2,3). The molecule has 0 spiro atoms. The summed E-state index contributed by atoms with van der Waals surface area (Å²) in [5, 5.41) is 2.12. The van der Waals surface area contributed by atoms with Crippen LogP contribution in [0.2, 0.25) is 0 Å². The first-order valence-electron chi connectivity index (χ1n) is 8.32. The van der Waals surface area contributed by atoms with E-state index in [0.717, 1.165) is 5.56 Å². The molecule has 1 aromatic carbocycles. The zero-order valence-corrected chi connectivity index (χ0v) is 16.8. The largest absolute Gasteiger partial charge is 0.493 e. The van der Waals surface area contributed by atoms with Crippen LogP contribution in [0.5, 0.6) is 5.75 Å². The lowest BCUT2D eigenvalue weighted by molar-refractivity contribution is -0.106. The van der Waals surface area contributed by atoms with Crippen molar-refractivity contribution in [3.05, 3.63) is 47.9 Å². The molecule has 0 atom stereocenters. The van der Waals surface area contributed by atoms with Crippen LogP contribution in [-0.4, -0.2) is 33.3 Å². The molecule has 3 amide bonds. The summed E-state index contributed by atoms with van der Waals surface area (Å²) < 4.78 is 36.2. The quantitative estimate of drug-likeness (QED) is 0.587. The van der Waals surface area contributed by atoms with Gasteiger partial charge in [-0.1, -0.05) is 6.07 Å². The number of hydrogen-bond donors (Lipinski definition) is 3. The predicted molar refractivity (Wildman–Crippen MR) is 103 cm³/mol. The van der Waals surface area contributed by atoms with E-state index in [4.69, 9.17) is 19.7 Å². The second-order valence-electron chi connectivity index (χ2n) is 6.13. The molecule has 154 valence electrons. The summed E-state index contributed by atoms with van der Waals surface area (Å²) in [5.74, 6) is 0.329. The molecule has 0 fully saturated rings. The number of primary amides is 2. The maximum Gasteiger partial charge on any atom is 0.313 e. The van der Waals surface area contributed by atoms with Gasteiger partial charge in [0.05, 0.1) is 12.9 Å². The van der Waals surface area contributed by atoms with E-state index in [2.05, 4.69) is 11.1 Å². The van der Waals surface area contributed by atoms with Gasteiger partial charge in [0.25, 0.3) is 0 Å². The molecule has 0 saturated heterocycles. The number of rotatable bonds is 7. The monoisotopic (exact) mass is 411 g/mol. The minimum Gasteiger partial charge on any atom is -0.493 e. The first-order chi connectivity index (χ1) is 13.1. The number of benzene rings is 1. The Labute approximate surface area is 163 Å². The smallest absolute Gasteiger partial charge is 0.313 e. The van der Waals surface area contributed by atoms with E-state index in [0.29, 0.717) is 12.4 Å². The van der Waals surface area contributed by atoms with Gasteiger partial charge in [-0.25, -0.2) is 13.2 Å². The van der Waals surface area contributed by atoms with Gasteiger partial charge in [-0.3, -0.25) is 4.79 Å². The molecule has 1 heterocycles. The minimum absolute atomic E-state index is 0.000214. The van der Waals surface area contributed by atoms with Crippen LogP contribution in [0.1, 0.15) is 32.1 Å². The molecule has 0 aliphatic rings. The van der Waals surface area contributed by atoms with Gasteiger partial charge in [0.1, 0.15) is 22.3 Å². The summed E-state index contributed by atoms with van der Waals surface area (Å²) in [4.78, 5) is 19.5. The molecule has 1 aromatic heterocycles. The third-order valence-electron chi connectivity index (χ3n) is 3.87. The molecule has 2 rings (SSSR count). The summed E-state index contributed by atoms with van der Waals surface area (Å²) in [5.41, 5.74) is 9.34. The first kappa shape index (κ1) is 23.0. The van der Waals surface area contributed by atoms with Crippen LogP contribution >= 0.6 is 0 Å². The van der Waals surface area contributed by atoms with Gasteiger partial charge in [0.15, 0.2) is 9.84 Å². The number of ether oxygens (including phenoxy) is 1. The highest BCUT2D eigenvalue weighted by atomic mass is 32.2. The highest BCUT2D eigenvalue weighted by Gasteiger charge is 2.29. The van der Waals surface area contributed by atoms with Crippen molar-refractivity contribution in [2.45, 2.75) is 31.1 Å². The molecule has 0 aliphatic carbocycles. The molecular formula is C18H25N3O6S. The number of sulfone groups is 1. The number of urea groups is 1. The lowest BCUT2D eigenvalue weighted by atomic mass is 9.82. The molecule has 0 bridgehead atoms. The molecule has 28 heavy (non-hydrogen) atoms. The van der Waals surface area contributed by atoms with E-state index >= 15 is 0 Å². The third-order valence-corrected chi connectivity index (χ3v) is 5.39. The summed E-state index contributed by atoms with van der Waals surface area (Å²) in [7, 11) is -3.83. The summed E-state index contributed by atoms with van der Waals surface area (Å²) in [6.07, 6.45) is 1.82. The number of nitrogens with one attached hydrogen (secondary N) is 1. The van der Waals surface area contributed by atoms with Gasteiger partial charge in [0, 0.05) is 5.41 Å². The molecular weight excluding hydrogens is 386 g/mol. The van der Waals surface area contributed by atoms with Gasteiger partial charge >= 0.3 is 6.03 Å². The van der Waals surface area contributed by atoms with Crippen molar-refractivity contribution in [2.24, 2.45) is 11.5 Å². The lowest BCUT2D eigenvalue weighted by Gasteiger charge is -2.24. The van der Waals surface area contributed by atoms with Crippen molar-refractivity contribution < 1.29 is 27.2 Å². The highest BCUT2D eigenvalue weighted by Crippen LogP contribution is 2.36. The van der Waals surface area contributed by atoms with E-state index in [1.807, 2.05) is 19.9 Å². The van der Waals surface area contributed by atoms with Crippen LogP contribution < -0.4 is 21.5 Å². The Morgan fingerprint density at radius 2 is 1.96 bits per heavy atom. The molecule has 2 aromatic rings. The summed E-state index contributed by atoms with van der Waals surface area (Å²) >= 11 is 0. The molecule has 0 unspecified atom stereocenters. The van der Waals surface area contributed by atoms with Crippen LogP contribution in [0, 0.1) is 0 Å². The number of amides is 3. The molecule has 0 saturated carbocycles. The fourth-order valence-electron chi connectivity index (χ4n) is 2.43. The predicted octanol–water partition coefficient (Wildman–Crippen LogP) is 1.51. The van der Waals surface area contributed by atoms with Crippen molar-refractivity contribution in [1.29, 1.82) is 0 Å². The maximum atomic E-state index is 12.6. The van der Waals surface area contributed by atoms with Crippen LogP contribution in [0.3, 0.4) is 0 Å². The van der Waals surface area contributed by atoms with Gasteiger partial charge in [-0.2, -0.15) is 0 Å². The Balaban J connectivity index is 0.00000122. The van der Waals surface area contributed by atoms with Crippen LogP contribution in [0.4, 0.5) is 4.79 Å². The van der Waals surface area contributed by atoms with Crippen LogP contribution in [-0.2, 0) is 20.0 Å². The SMILES string of the molecule is CCOc1ccc(C(C)(C)c2ccco2)cc1S(=O)(=O)CNC(N)=O.NC=O. The van der Waals surface area contributed by atoms with E-state index in [1.165, 1.54) is 0 Å².